The molecule has 6 rings (SSSR count). The van der Waals surface area contributed by atoms with E-state index in [1.807, 2.05) is 30.7 Å². The van der Waals surface area contributed by atoms with Crippen LogP contribution in [0.4, 0.5) is 10.7 Å². The van der Waals surface area contributed by atoms with E-state index in [-0.39, 0.29) is 11.1 Å². The molecule has 2 saturated heterocycles. The van der Waals surface area contributed by atoms with Crippen LogP contribution in [0.1, 0.15) is 24.1 Å². The zero-order chi connectivity index (χ0) is 26.6. The number of hydrogen-bond donors (Lipinski definition) is 2. The molecule has 2 N–H and O–H groups in total. The maximum atomic E-state index is 11.8. The zero-order valence-corrected chi connectivity index (χ0v) is 22.0. The fourth-order valence-corrected chi connectivity index (χ4v) is 5.63. The highest BCUT2D eigenvalue weighted by Gasteiger charge is 2.25. The molecule has 0 saturated carbocycles. The van der Waals surface area contributed by atoms with E-state index in [1.54, 1.807) is 18.3 Å². The van der Waals surface area contributed by atoms with E-state index in [2.05, 4.69) is 59.7 Å². The first-order valence-corrected chi connectivity index (χ1v) is 13.8. The van der Waals surface area contributed by atoms with Crippen molar-refractivity contribution in [2.75, 3.05) is 24.5 Å². The second-order valence-corrected chi connectivity index (χ2v) is 10.7. The van der Waals surface area contributed by atoms with Gasteiger partial charge in [0.05, 0.1) is 16.3 Å². The lowest BCUT2D eigenvalue weighted by molar-refractivity contribution is -0.115. The van der Waals surface area contributed by atoms with Crippen molar-refractivity contribution in [2.45, 2.75) is 19.4 Å². The fourth-order valence-electron chi connectivity index (χ4n) is 4.96. The minimum Gasteiger partial charge on any atom is -0.341 e. The summed E-state index contributed by atoms with van der Waals surface area (Å²) in [5.74, 6) is 0.837. The third kappa shape index (κ3) is 5.81. The van der Waals surface area contributed by atoms with Gasteiger partial charge >= 0.3 is 0 Å². The Morgan fingerprint density at radius 1 is 1.05 bits per heavy atom. The first kappa shape index (κ1) is 25.1. The largest absolute Gasteiger partial charge is 0.341 e. The van der Waals surface area contributed by atoms with Crippen molar-refractivity contribution in [1.82, 2.24) is 30.6 Å². The summed E-state index contributed by atoms with van der Waals surface area (Å²) in [5.41, 5.74) is 3.79. The number of nitrogens with zero attached hydrogens (tertiary/aromatic N) is 5. The number of pyridine rings is 2. The van der Waals surface area contributed by atoms with Gasteiger partial charge in [-0.15, -0.1) is 0 Å². The molecule has 3 aromatic heterocycles. The van der Waals surface area contributed by atoms with Gasteiger partial charge in [0.15, 0.2) is 0 Å². The maximum absolute atomic E-state index is 11.8. The van der Waals surface area contributed by atoms with Crippen molar-refractivity contribution in [3.63, 3.8) is 0 Å². The van der Waals surface area contributed by atoms with Crippen molar-refractivity contribution < 1.29 is 9.59 Å². The molecule has 0 unspecified atom stereocenters. The average molecular weight is 538 g/mol. The highest BCUT2D eigenvalue weighted by Crippen LogP contribution is 2.27. The number of aromatic nitrogens is 4. The van der Waals surface area contributed by atoms with Crippen LogP contribution in [0.3, 0.4) is 0 Å². The van der Waals surface area contributed by atoms with Crippen LogP contribution in [0.25, 0.3) is 28.1 Å². The standard InChI is InChI=1S/C29H27N7O2S/c37-27-26(39-29(38)35-27)14-22-6-10-33-28(34-22)36-11-7-19(8-12-36)15-30-16-20-5-9-32-25(13-20)24-18-31-17-21-3-1-2-4-23(21)24/h1-6,9-10,13-14,17-19,30H,7-8,11-12,15-16H2,(H,35,37,38). The Morgan fingerprint density at radius 2 is 1.90 bits per heavy atom. The van der Waals surface area contributed by atoms with Gasteiger partial charge in [-0.1, -0.05) is 24.3 Å². The van der Waals surface area contributed by atoms with E-state index in [4.69, 9.17) is 0 Å². The summed E-state index contributed by atoms with van der Waals surface area (Å²) in [6.45, 7) is 3.46. The third-order valence-electron chi connectivity index (χ3n) is 7.01. The number of rotatable bonds is 7. The number of amides is 2. The third-order valence-corrected chi connectivity index (χ3v) is 7.82. The molecule has 0 spiro atoms. The minimum atomic E-state index is -0.382. The van der Waals surface area contributed by atoms with Crippen LogP contribution >= 0.6 is 11.8 Å². The topological polar surface area (TPSA) is 113 Å². The SMILES string of the molecule is O=C1NC(=O)C(=Cc2ccnc(N3CCC(CNCc4ccnc(-c5cncc6ccccc56)c4)CC3)n2)S1. The van der Waals surface area contributed by atoms with Gasteiger partial charge in [-0.25, -0.2) is 9.97 Å². The lowest BCUT2D eigenvalue weighted by Gasteiger charge is -2.32. The Morgan fingerprint density at radius 3 is 2.74 bits per heavy atom. The molecule has 2 aliphatic heterocycles. The predicted octanol–water partition coefficient (Wildman–Crippen LogP) is 4.42. The second kappa shape index (κ2) is 11.3. The summed E-state index contributed by atoms with van der Waals surface area (Å²) in [5, 5.41) is 7.80. The van der Waals surface area contributed by atoms with Gasteiger partial charge in [0.1, 0.15) is 0 Å². The van der Waals surface area contributed by atoms with Crippen LogP contribution in [-0.2, 0) is 11.3 Å². The van der Waals surface area contributed by atoms with Gasteiger partial charge in [0, 0.05) is 55.4 Å². The molecule has 0 atom stereocenters. The van der Waals surface area contributed by atoms with Gasteiger partial charge in [0.2, 0.25) is 5.95 Å². The number of imide groups is 1. The van der Waals surface area contributed by atoms with Crippen LogP contribution in [0.5, 0.6) is 0 Å². The summed E-state index contributed by atoms with van der Waals surface area (Å²) >= 11 is 0.890. The molecule has 39 heavy (non-hydrogen) atoms. The summed E-state index contributed by atoms with van der Waals surface area (Å²) in [6, 6.07) is 14.2. The number of fused-ring (bicyclic) bond motifs is 1. The Hall–Kier alpha value is -4.15. The van der Waals surface area contributed by atoms with Crippen molar-refractivity contribution in [3.8, 4) is 11.3 Å². The summed E-state index contributed by atoms with van der Waals surface area (Å²) in [4.78, 5) is 43.8. The van der Waals surface area contributed by atoms with Crippen LogP contribution in [0.15, 0.2) is 72.2 Å². The van der Waals surface area contributed by atoms with E-state index >= 15 is 0 Å². The van der Waals surface area contributed by atoms with E-state index in [9.17, 15) is 9.59 Å². The summed E-state index contributed by atoms with van der Waals surface area (Å²) in [7, 11) is 0. The molecule has 1 aromatic carbocycles. The van der Waals surface area contributed by atoms with Crippen molar-refractivity contribution in [2.24, 2.45) is 5.92 Å². The van der Waals surface area contributed by atoms with Crippen LogP contribution in [0, 0.1) is 5.92 Å². The fraction of sp³-hybridized carbons (Fsp3) is 0.241. The van der Waals surface area contributed by atoms with E-state index in [0.29, 0.717) is 22.5 Å². The van der Waals surface area contributed by atoms with Crippen molar-refractivity contribution >= 4 is 45.7 Å². The molecular formula is C29H27N7O2S. The molecule has 196 valence electrons. The number of piperidine rings is 1. The molecule has 4 aromatic rings. The molecule has 9 nitrogen and oxygen atoms in total. The second-order valence-electron chi connectivity index (χ2n) is 9.65. The van der Waals surface area contributed by atoms with Crippen LogP contribution in [-0.4, -0.2) is 50.7 Å². The predicted molar refractivity (Wildman–Crippen MR) is 153 cm³/mol. The van der Waals surface area contributed by atoms with E-state index in [0.717, 1.165) is 72.8 Å². The first-order valence-electron chi connectivity index (χ1n) is 12.9. The van der Waals surface area contributed by atoms with Gasteiger partial charge < -0.3 is 10.2 Å². The number of carbonyl (C=O) groups excluding carboxylic acids is 2. The zero-order valence-electron chi connectivity index (χ0n) is 21.2. The summed E-state index contributed by atoms with van der Waals surface area (Å²) in [6.07, 6.45) is 11.0. The Kier molecular flexibility index (Phi) is 7.29. The number of hydrogen-bond acceptors (Lipinski definition) is 9. The van der Waals surface area contributed by atoms with Gasteiger partial charge in [-0.05, 0) is 72.3 Å². The molecule has 0 radical (unpaired) electrons. The Labute approximate surface area is 230 Å². The summed E-state index contributed by atoms with van der Waals surface area (Å²) < 4.78 is 0. The monoisotopic (exact) mass is 537 g/mol. The Balaban J connectivity index is 1.02. The van der Waals surface area contributed by atoms with Gasteiger partial charge in [0.25, 0.3) is 11.1 Å². The molecule has 2 fully saturated rings. The minimum absolute atomic E-state index is 0.351. The maximum Gasteiger partial charge on any atom is 0.290 e. The molecule has 2 aliphatic rings. The molecule has 2 amide bonds. The molecule has 5 heterocycles. The average Bonchev–Trinajstić information content (AvgIpc) is 3.29. The first-order chi connectivity index (χ1) is 19.1. The van der Waals surface area contributed by atoms with Crippen LogP contribution < -0.4 is 15.5 Å². The van der Waals surface area contributed by atoms with Gasteiger partial charge in [-0.3, -0.25) is 24.9 Å². The van der Waals surface area contributed by atoms with E-state index in [1.165, 1.54) is 5.56 Å². The van der Waals surface area contributed by atoms with E-state index < -0.39 is 0 Å². The lowest BCUT2D eigenvalue weighted by Crippen LogP contribution is -2.38. The number of nitrogens with one attached hydrogen (secondary N) is 2. The van der Waals surface area contributed by atoms with Crippen molar-refractivity contribution in [1.29, 1.82) is 0 Å². The van der Waals surface area contributed by atoms with Crippen molar-refractivity contribution in [3.05, 3.63) is 83.4 Å². The normalized spacial score (nSPS) is 17.2. The molecular weight excluding hydrogens is 510 g/mol. The molecule has 0 bridgehead atoms. The molecule has 10 heteroatoms. The smallest absolute Gasteiger partial charge is 0.290 e. The van der Waals surface area contributed by atoms with Gasteiger partial charge in [-0.2, -0.15) is 0 Å². The number of anilines is 1. The molecule has 0 aliphatic carbocycles. The number of carbonyl (C=O) groups is 2. The quantitative estimate of drug-likeness (QED) is 0.331. The Bertz CT molecular complexity index is 1560. The number of benzene rings is 1. The highest BCUT2D eigenvalue weighted by molar-refractivity contribution is 8.18. The highest BCUT2D eigenvalue weighted by atomic mass is 32.2. The number of thioether (sulfide) groups is 1. The van der Waals surface area contributed by atoms with Crippen LogP contribution in [0.2, 0.25) is 0 Å². The lowest BCUT2D eigenvalue weighted by atomic mass is 9.97.